The maximum absolute atomic E-state index is 13.0. The van der Waals surface area contributed by atoms with Crippen LogP contribution in [0.3, 0.4) is 0 Å². The molecule has 1 heterocycles. The average molecular weight is 379 g/mol. The smallest absolute Gasteiger partial charge is 0.229 e. The van der Waals surface area contributed by atoms with Gasteiger partial charge >= 0.3 is 0 Å². The molecule has 0 saturated heterocycles. The quantitative estimate of drug-likeness (QED) is 0.556. The highest BCUT2D eigenvalue weighted by Crippen LogP contribution is 2.20. The molecule has 0 aliphatic heterocycles. The third-order valence-corrected chi connectivity index (χ3v) is 4.54. The first-order chi connectivity index (χ1) is 13.7. The molecule has 3 rings (SSSR count). The van der Waals surface area contributed by atoms with Crippen LogP contribution in [-0.4, -0.2) is 29.6 Å². The van der Waals surface area contributed by atoms with Crippen LogP contribution in [0.4, 0.5) is 27.5 Å². The molecule has 0 amide bonds. The van der Waals surface area contributed by atoms with E-state index in [1.807, 2.05) is 18.2 Å². The molecule has 0 bridgehead atoms. The number of hydrogen-bond donors (Lipinski definition) is 2. The van der Waals surface area contributed by atoms with E-state index in [4.69, 9.17) is 0 Å². The van der Waals surface area contributed by atoms with Gasteiger partial charge in [0.25, 0.3) is 0 Å². The molecule has 0 spiro atoms. The topological polar surface area (TPSA) is 53.1 Å². The highest BCUT2D eigenvalue weighted by molar-refractivity contribution is 5.60. The number of aromatic nitrogens is 2. The number of rotatable bonds is 9. The van der Waals surface area contributed by atoms with E-state index in [0.29, 0.717) is 12.5 Å². The molecule has 3 aromatic rings. The van der Waals surface area contributed by atoms with Crippen LogP contribution >= 0.6 is 0 Å². The minimum Gasteiger partial charge on any atom is -0.372 e. The van der Waals surface area contributed by atoms with Crippen molar-refractivity contribution < 1.29 is 4.39 Å². The van der Waals surface area contributed by atoms with E-state index in [1.54, 1.807) is 18.3 Å². The van der Waals surface area contributed by atoms with E-state index in [9.17, 15) is 4.39 Å². The zero-order valence-corrected chi connectivity index (χ0v) is 16.3. The second kappa shape index (κ2) is 9.69. The van der Waals surface area contributed by atoms with Crippen molar-refractivity contribution in [1.82, 2.24) is 9.97 Å². The molecule has 5 nitrogen and oxygen atoms in total. The van der Waals surface area contributed by atoms with Crippen LogP contribution in [0.15, 0.2) is 60.8 Å². The van der Waals surface area contributed by atoms with Crippen LogP contribution in [0, 0.1) is 5.82 Å². The molecule has 6 heteroatoms. The monoisotopic (exact) mass is 379 g/mol. The van der Waals surface area contributed by atoms with Crippen LogP contribution in [-0.2, 0) is 6.42 Å². The lowest BCUT2D eigenvalue weighted by atomic mass is 10.1. The molecule has 0 radical (unpaired) electrons. The van der Waals surface area contributed by atoms with E-state index in [-0.39, 0.29) is 5.82 Å². The van der Waals surface area contributed by atoms with Gasteiger partial charge in [-0.25, -0.2) is 9.37 Å². The highest BCUT2D eigenvalue weighted by atomic mass is 19.1. The van der Waals surface area contributed by atoms with Crippen LogP contribution in [0.2, 0.25) is 0 Å². The summed E-state index contributed by atoms with van der Waals surface area (Å²) in [5.41, 5.74) is 3.22. The van der Waals surface area contributed by atoms with Crippen LogP contribution in [0.5, 0.6) is 0 Å². The predicted octanol–water partition coefficient (Wildman–Crippen LogP) is 4.86. The van der Waals surface area contributed by atoms with Crippen molar-refractivity contribution in [3.63, 3.8) is 0 Å². The Morgan fingerprint density at radius 3 is 2.32 bits per heavy atom. The molecule has 2 aromatic carbocycles. The van der Waals surface area contributed by atoms with Crippen molar-refractivity contribution in [2.75, 3.05) is 35.2 Å². The minimum absolute atomic E-state index is 0.214. The Balaban J connectivity index is 1.56. The summed E-state index contributed by atoms with van der Waals surface area (Å²) in [5.74, 6) is 1.08. The predicted molar refractivity (Wildman–Crippen MR) is 114 cm³/mol. The fourth-order valence-electron chi connectivity index (χ4n) is 2.98. The lowest BCUT2D eigenvalue weighted by Gasteiger charge is -2.21. The number of anilines is 4. The van der Waals surface area contributed by atoms with Crippen LogP contribution in [0.25, 0.3) is 0 Å². The Hall–Kier alpha value is -3.15. The molecular formula is C22H26FN5. The Labute approximate surface area is 165 Å². The Kier molecular flexibility index (Phi) is 6.78. The third-order valence-electron chi connectivity index (χ3n) is 4.54. The normalized spacial score (nSPS) is 10.5. The van der Waals surface area contributed by atoms with Crippen LogP contribution < -0.4 is 15.5 Å². The molecule has 0 atom stereocenters. The zero-order chi connectivity index (χ0) is 19.8. The van der Waals surface area contributed by atoms with Gasteiger partial charge in [0.2, 0.25) is 5.95 Å². The van der Waals surface area contributed by atoms with Gasteiger partial charge in [-0.3, -0.25) is 0 Å². The molecule has 0 unspecified atom stereocenters. The largest absolute Gasteiger partial charge is 0.372 e. The average Bonchev–Trinajstić information content (AvgIpc) is 2.72. The Morgan fingerprint density at radius 1 is 0.929 bits per heavy atom. The van der Waals surface area contributed by atoms with Gasteiger partial charge in [0.05, 0.1) is 0 Å². The number of hydrogen-bond acceptors (Lipinski definition) is 5. The molecule has 1 aromatic heterocycles. The van der Waals surface area contributed by atoms with Gasteiger partial charge in [-0.15, -0.1) is 0 Å². The van der Waals surface area contributed by atoms with Crippen LogP contribution in [0.1, 0.15) is 19.4 Å². The fraction of sp³-hybridized carbons (Fsp3) is 0.273. The van der Waals surface area contributed by atoms with E-state index in [2.05, 4.69) is 51.5 Å². The standard InChI is InChI=1S/C22H26FN5/c1-3-28(4-2)20-11-9-19(10-12-20)26-22-25-16-14-21(27-22)24-15-13-17-5-7-18(23)8-6-17/h5-12,14,16H,3-4,13,15H2,1-2H3,(H2,24,25,26,27). The van der Waals surface area contributed by atoms with Crippen molar-refractivity contribution >= 4 is 23.1 Å². The summed E-state index contributed by atoms with van der Waals surface area (Å²) in [4.78, 5) is 11.1. The molecule has 2 N–H and O–H groups in total. The van der Waals surface area contributed by atoms with Gasteiger partial charge in [0.15, 0.2) is 0 Å². The van der Waals surface area contributed by atoms with E-state index >= 15 is 0 Å². The molecule has 0 aliphatic carbocycles. The number of nitrogens with zero attached hydrogens (tertiary/aromatic N) is 3. The highest BCUT2D eigenvalue weighted by Gasteiger charge is 2.04. The van der Waals surface area contributed by atoms with Crippen molar-refractivity contribution in [3.05, 3.63) is 72.2 Å². The number of nitrogens with one attached hydrogen (secondary N) is 2. The zero-order valence-electron chi connectivity index (χ0n) is 16.3. The molecule has 146 valence electrons. The van der Waals surface area contributed by atoms with Crippen molar-refractivity contribution in [2.45, 2.75) is 20.3 Å². The molecule has 28 heavy (non-hydrogen) atoms. The first kappa shape index (κ1) is 19.6. The lowest BCUT2D eigenvalue weighted by Crippen LogP contribution is -2.21. The van der Waals surface area contributed by atoms with Crippen molar-refractivity contribution in [2.24, 2.45) is 0 Å². The molecule has 0 fully saturated rings. The number of benzene rings is 2. The maximum atomic E-state index is 13.0. The van der Waals surface area contributed by atoms with Gasteiger partial charge in [0, 0.05) is 37.2 Å². The van der Waals surface area contributed by atoms with E-state index < -0.39 is 0 Å². The van der Waals surface area contributed by atoms with Gasteiger partial charge in [-0.05, 0) is 68.3 Å². The molecule has 0 aliphatic rings. The Morgan fingerprint density at radius 2 is 1.64 bits per heavy atom. The lowest BCUT2D eigenvalue weighted by molar-refractivity contribution is 0.627. The van der Waals surface area contributed by atoms with Gasteiger partial charge < -0.3 is 15.5 Å². The summed E-state index contributed by atoms with van der Waals surface area (Å²) in [5, 5.41) is 6.52. The van der Waals surface area contributed by atoms with Gasteiger partial charge in [-0.2, -0.15) is 4.98 Å². The summed E-state index contributed by atoms with van der Waals surface area (Å²) in [6, 6.07) is 16.6. The molecular weight excluding hydrogens is 353 g/mol. The Bertz CT molecular complexity index is 861. The summed E-state index contributed by atoms with van der Waals surface area (Å²) in [7, 11) is 0. The second-order valence-corrected chi connectivity index (χ2v) is 6.41. The maximum Gasteiger partial charge on any atom is 0.229 e. The minimum atomic E-state index is -0.214. The SMILES string of the molecule is CCN(CC)c1ccc(Nc2nccc(NCCc3ccc(F)cc3)n2)cc1. The van der Waals surface area contributed by atoms with Gasteiger partial charge in [-0.1, -0.05) is 12.1 Å². The van der Waals surface area contributed by atoms with Gasteiger partial charge in [0.1, 0.15) is 11.6 Å². The third kappa shape index (κ3) is 5.42. The van der Waals surface area contributed by atoms with E-state index in [0.717, 1.165) is 36.6 Å². The summed E-state index contributed by atoms with van der Waals surface area (Å²) < 4.78 is 13.0. The van der Waals surface area contributed by atoms with Crippen molar-refractivity contribution in [3.8, 4) is 0 Å². The molecule has 0 saturated carbocycles. The first-order valence-corrected chi connectivity index (χ1v) is 9.61. The second-order valence-electron chi connectivity index (χ2n) is 6.41. The number of halogens is 1. The fourth-order valence-corrected chi connectivity index (χ4v) is 2.98. The summed E-state index contributed by atoms with van der Waals surface area (Å²) in [6.45, 7) is 6.98. The summed E-state index contributed by atoms with van der Waals surface area (Å²) in [6.07, 6.45) is 2.51. The summed E-state index contributed by atoms with van der Waals surface area (Å²) >= 11 is 0. The first-order valence-electron chi connectivity index (χ1n) is 9.61. The van der Waals surface area contributed by atoms with E-state index in [1.165, 1.54) is 17.8 Å². The van der Waals surface area contributed by atoms with Crippen molar-refractivity contribution in [1.29, 1.82) is 0 Å².